The molecule has 0 bridgehead atoms. The average Bonchev–Trinajstić information content (AvgIpc) is 1.90. The van der Waals surface area contributed by atoms with Gasteiger partial charge in [0, 0.05) is 0 Å². The van der Waals surface area contributed by atoms with Gasteiger partial charge in [0.05, 0.1) is 25.9 Å². The van der Waals surface area contributed by atoms with E-state index in [0.717, 1.165) is 26.1 Å². The molecular formula is C5H11BO2. The summed E-state index contributed by atoms with van der Waals surface area (Å²) in [7, 11) is 2.11. The van der Waals surface area contributed by atoms with Crippen molar-refractivity contribution in [2.45, 2.75) is 12.4 Å². The van der Waals surface area contributed by atoms with E-state index in [1.807, 2.05) is 0 Å². The lowest BCUT2D eigenvalue weighted by molar-refractivity contribution is -0.0793. The Labute approximate surface area is 50.6 Å². The van der Waals surface area contributed by atoms with Gasteiger partial charge in [0.25, 0.3) is 0 Å². The maximum Gasteiger partial charge on any atom is 0.104 e. The van der Waals surface area contributed by atoms with Crippen LogP contribution in [0.1, 0.15) is 0 Å². The number of hydrogen-bond donors (Lipinski definition) is 0. The molecule has 1 rings (SSSR count). The minimum Gasteiger partial charge on any atom is -0.376 e. The highest BCUT2D eigenvalue weighted by atomic mass is 16.6. The van der Waals surface area contributed by atoms with Crippen LogP contribution in [-0.2, 0) is 9.47 Å². The maximum atomic E-state index is 5.30. The summed E-state index contributed by atoms with van der Waals surface area (Å²) in [6.45, 7) is 2.34. The van der Waals surface area contributed by atoms with Gasteiger partial charge in [-0.1, -0.05) is 6.32 Å². The summed E-state index contributed by atoms with van der Waals surface area (Å²) in [6.07, 6.45) is 1.43. The molecule has 0 spiro atoms. The number of ether oxygens (including phenoxy) is 2. The lowest BCUT2D eigenvalue weighted by Crippen LogP contribution is -2.27. The first-order valence-electron chi connectivity index (χ1n) is 3.13. The average molecular weight is 114 g/mol. The quantitative estimate of drug-likeness (QED) is 0.426. The van der Waals surface area contributed by atoms with E-state index in [9.17, 15) is 0 Å². The summed E-state index contributed by atoms with van der Waals surface area (Å²) < 4.78 is 10.5. The van der Waals surface area contributed by atoms with Crippen LogP contribution in [0.3, 0.4) is 0 Å². The maximum absolute atomic E-state index is 5.30. The predicted molar refractivity (Wildman–Crippen MR) is 33.9 cm³/mol. The summed E-state index contributed by atoms with van der Waals surface area (Å²) in [5, 5.41) is 0. The fraction of sp³-hybridized carbons (Fsp3) is 1.00. The van der Waals surface area contributed by atoms with Crippen molar-refractivity contribution in [1.82, 2.24) is 0 Å². The molecule has 0 aromatic rings. The van der Waals surface area contributed by atoms with Crippen LogP contribution in [0.15, 0.2) is 0 Å². The van der Waals surface area contributed by atoms with E-state index < -0.39 is 0 Å². The van der Waals surface area contributed by atoms with Crippen LogP contribution in [0.2, 0.25) is 6.32 Å². The zero-order valence-electron chi connectivity index (χ0n) is 5.22. The van der Waals surface area contributed by atoms with Crippen LogP contribution in [0.5, 0.6) is 0 Å². The molecule has 1 atom stereocenters. The van der Waals surface area contributed by atoms with Crippen LogP contribution in [0, 0.1) is 0 Å². The number of rotatable bonds is 1. The second-order valence-electron chi connectivity index (χ2n) is 1.98. The normalized spacial score (nSPS) is 30.2. The lowest BCUT2D eigenvalue weighted by Gasteiger charge is -2.21. The topological polar surface area (TPSA) is 18.5 Å². The molecule has 8 heavy (non-hydrogen) atoms. The Hall–Kier alpha value is -0.0151. The van der Waals surface area contributed by atoms with E-state index in [-0.39, 0.29) is 0 Å². The van der Waals surface area contributed by atoms with Crippen LogP contribution in [-0.4, -0.2) is 33.8 Å². The lowest BCUT2D eigenvalue weighted by atomic mass is 10.00. The highest BCUT2D eigenvalue weighted by Gasteiger charge is 2.10. The minimum atomic E-state index is 0.365. The van der Waals surface area contributed by atoms with Gasteiger partial charge in [-0.3, -0.25) is 0 Å². The highest BCUT2D eigenvalue weighted by Crippen LogP contribution is 2.02. The molecule has 1 aliphatic rings. The van der Waals surface area contributed by atoms with Gasteiger partial charge < -0.3 is 9.47 Å². The molecule has 46 valence electrons. The molecule has 0 saturated carbocycles. The van der Waals surface area contributed by atoms with E-state index in [4.69, 9.17) is 9.47 Å². The van der Waals surface area contributed by atoms with Gasteiger partial charge >= 0.3 is 0 Å². The second kappa shape index (κ2) is 3.10. The smallest absolute Gasteiger partial charge is 0.104 e. The fourth-order valence-corrected chi connectivity index (χ4v) is 0.772. The molecule has 0 radical (unpaired) electrons. The van der Waals surface area contributed by atoms with E-state index in [1.165, 1.54) is 0 Å². The standard InChI is InChI=1S/C5H11BO2/c6-3-5-4-7-1-2-8-5/h5H,1-4,6H2. The zero-order valence-corrected chi connectivity index (χ0v) is 5.22. The van der Waals surface area contributed by atoms with Crippen molar-refractivity contribution < 1.29 is 9.47 Å². The summed E-state index contributed by atoms with van der Waals surface area (Å²) in [6, 6.07) is 0. The second-order valence-corrected chi connectivity index (χ2v) is 1.98. The Morgan fingerprint density at radius 1 is 1.50 bits per heavy atom. The Balaban J connectivity index is 2.13. The van der Waals surface area contributed by atoms with Crippen LogP contribution < -0.4 is 0 Å². The Morgan fingerprint density at radius 2 is 2.38 bits per heavy atom. The summed E-state index contributed by atoms with van der Waals surface area (Å²) in [5.74, 6) is 0. The third kappa shape index (κ3) is 1.49. The van der Waals surface area contributed by atoms with Crippen molar-refractivity contribution in [2.24, 2.45) is 0 Å². The molecule has 1 saturated heterocycles. The van der Waals surface area contributed by atoms with Crippen molar-refractivity contribution in [1.29, 1.82) is 0 Å². The molecule has 0 amide bonds. The van der Waals surface area contributed by atoms with Crippen molar-refractivity contribution in [3.8, 4) is 0 Å². The molecule has 0 aliphatic carbocycles. The van der Waals surface area contributed by atoms with Crippen LogP contribution in [0.25, 0.3) is 0 Å². The molecule has 0 aromatic carbocycles. The summed E-state index contributed by atoms with van der Waals surface area (Å²) >= 11 is 0. The molecule has 0 N–H and O–H groups in total. The Kier molecular flexibility index (Phi) is 2.37. The first-order chi connectivity index (χ1) is 3.93. The molecule has 2 nitrogen and oxygen atoms in total. The first kappa shape index (κ1) is 6.11. The zero-order chi connectivity index (χ0) is 5.82. The monoisotopic (exact) mass is 114 g/mol. The van der Waals surface area contributed by atoms with Crippen LogP contribution in [0.4, 0.5) is 0 Å². The van der Waals surface area contributed by atoms with Gasteiger partial charge in [0.2, 0.25) is 0 Å². The Bertz CT molecular complexity index is 61.4. The molecule has 0 aromatic heterocycles. The molecule has 1 aliphatic heterocycles. The fourth-order valence-electron chi connectivity index (χ4n) is 0.772. The molecule has 1 heterocycles. The molecule has 1 unspecified atom stereocenters. The SMILES string of the molecule is BCC1COCCO1. The first-order valence-corrected chi connectivity index (χ1v) is 3.13. The Morgan fingerprint density at radius 3 is 2.75 bits per heavy atom. The van der Waals surface area contributed by atoms with E-state index in [1.54, 1.807) is 0 Å². The van der Waals surface area contributed by atoms with Gasteiger partial charge in [-0.05, 0) is 0 Å². The molecule has 3 heteroatoms. The van der Waals surface area contributed by atoms with E-state index in [2.05, 4.69) is 7.85 Å². The van der Waals surface area contributed by atoms with Gasteiger partial charge in [-0.25, -0.2) is 0 Å². The van der Waals surface area contributed by atoms with Gasteiger partial charge in [-0.15, -0.1) is 0 Å². The number of hydrogen-bond acceptors (Lipinski definition) is 2. The third-order valence-electron chi connectivity index (χ3n) is 1.34. The van der Waals surface area contributed by atoms with Crippen molar-refractivity contribution in [3.05, 3.63) is 0 Å². The molecular weight excluding hydrogens is 103 g/mol. The highest BCUT2D eigenvalue weighted by molar-refractivity contribution is 6.08. The van der Waals surface area contributed by atoms with Gasteiger partial charge in [0.15, 0.2) is 0 Å². The van der Waals surface area contributed by atoms with Gasteiger partial charge in [-0.2, -0.15) is 0 Å². The minimum absolute atomic E-state index is 0.365. The predicted octanol–water partition coefficient (Wildman–Crippen LogP) is -0.547. The van der Waals surface area contributed by atoms with Crippen LogP contribution >= 0.6 is 0 Å². The van der Waals surface area contributed by atoms with Crippen molar-refractivity contribution in [2.75, 3.05) is 19.8 Å². The largest absolute Gasteiger partial charge is 0.376 e. The van der Waals surface area contributed by atoms with E-state index in [0.29, 0.717) is 6.10 Å². The van der Waals surface area contributed by atoms with Gasteiger partial charge in [0.1, 0.15) is 7.85 Å². The van der Waals surface area contributed by atoms with Crippen molar-refractivity contribution >= 4 is 7.85 Å². The van der Waals surface area contributed by atoms with Crippen molar-refractivity contribution in [3.63, 3.8) is 0 Å². The van der Waals surface area contributed by atoms with E-state index >= 15 is 0 Å². The molecule has 1 fully saturated rings. The summed E-state index contributed by atoms with van der Waals surface area (Å²) in [4.78, 5) is 0. The third-order valence-corrected chi connectivity index (χ3v) is 1.34. The summed E-state index contributed by atoms with van der Waals surface area (Å²) in [5.41, 5.74) is 0.